The Balaban J connectivity index is 1.58. The van der Waals surface area contributed by atoms with Gasteiger partial charge in [-0.15, -0.1) is 0 Å². The van der Waals surface area contributed by atoms with Crippen molar-refractivity contribution >= 4 is 17.3 Å². The predicted octanol–water partition coefficient (Wildman–Crippen LogP) is 3.85. The van der Waals surface area contributed by atoms with E-state index in [0.717, 1.165) is 51.6 Å². The Labute approximate surface area is 178 Å². The minimum absolute atomic E-state index is 0.387. The van der Waals surface area contributed by atoms with Gasteiger partial charge in [0, 0.05) is 46.1 Å². The molecule has 0 bridgehead atoms. The normalized spacial score (nSPS) is 16.6. The average Bonchev–Trinajstić information content (AvgIpc) is 3.43. The van der Waals surface area contributed by atoms with E-state index >= 15 is 0 Å². The number of hydrogen-bond acceptors (Lipinski definition) is 6. The van der Waals surface area contributed by atoms with E-state index < -0.39 is 0 Å². The summed E-state index contributed by atoms with van der Waals surface area (Å²) in [4.78, 5) is 6.43. The minimum Gasteiger partial charge on any atom is -0.315 e. The van der Waals surface area contributed by atoms with Crippen molar-refractivity contribution in [2.75, 3.05) is 13.1 Å². The second-order valence-corrected chi connectivity index (χ2v) is 8.54. The van der Waals surface area contributed by atoms with Crippen molar-refractivity contribution in [3.8, 4) is 17.2 Å². The van der Waals surface area contributed by atoms with Crippen molar-refractivity contribution in [1.82, 2.24) is 29.7 Å². The molecule has 30 heavy (non-hydrogen) atoms. The first-order chi connectivity index (χ1) is 14.7. The molecule has 7 nitrogen and oxygen atoms in total. The van der Waals surface area contributed by atoms with E-state index in [1.807, 2.05) is 31.5 Å². The molecule has 5 heterocycles. The summed E-state index contributed by atoms with van der Waals surface area (Å²) in [6.07, 6.45) is 11.7. The van der Waals surface area contributed by atoms with Gasteiger partial charge in [-0.2, -0.15) is 15.5 Å². The lowest BCUT2D eigenvalue weighted by Gasteiger charge is -2.22. The van der Waals surface area contributed by atoms with Crippen LogP contribution in [0.15, 0.2) is 59.0 Å². The van der Waals surface area contributed by atoms with Crippen LogP contribution in [-0.4, -0.2) is 37.5 Å². The fourth-order valence-electron chi connectivity index (χ4n) is 3.84. The predicted molar refractivity (Wildman–Crippen MR) is 115 cm³/mol. The van der Waals surface area contributed by atoms with Crippen molar-refractivity contribution in [1.29, 1.82) is 5.26 Å². The van der Waals surface area contributed by atoms with E-state index in [0.29, 0.717) is 11.6 Å². The van der Waals surface area contributed by atoms with Crippen LogP contribution in [0.5, 0.6) is 0 Å². The van der Waals surface area contributed by atoms with E-state index in [2.05, 4.69) is 43.5 Å². The van der Waals surface area contributed by atoms with Gasteiger partial charge in [0.1, 0.15) is 6.07 Å². The van der Waals surface area contributed by atoms with Gasteiger partial charge in [0.2, 0.25) is 0 Å². The van der Waals surface area contributed by atoms with Gasteiger partial charge < -0.3 is 5.32 Å². The number of nitrogens with one attached hydrogen (secondary N) is 1. The van der Waals surface area contributed by atoms with Gasteiger partial charge in [0.25, 0.3) is 0 Å². The first-order valence-electron chi connectivity index (χ1n) is 9.99. The molecule has 0 radical (unpaired) electrons. The number of rotatable bonds is 4. The first-order valence-corrected chi connectivity index (χ1v) is 10.8. The Bertz CT molecular complexity index is 1240. The molecule has 5 rings (SSSR count). The highest BCUT2D eigenvalue weighted by Crippen LogP contribution is 2.36. The SMILES string of the molecule is Cc1ncccc1Sc1cc(-c2cnn([C@@H]3CCCNC3)c2)cn2ncc(C#N)c12. The summed E-state index contributed by atoms with van der Waals surface area (Å²) in [6, 6.07) is 8.75. The van der Waals surface area contributed by atoms with Crippen LogP contribution in [0.2, 0.25) is 0 Å². The van der Waals surface area contributed by atoms with Crippen LogP contribution in [0.3, 0.4) is 0 Å². The van der Waals surface area contributed by atoms with E-state index in [1.54, 1.807) is 28.7 Å². The summed E-state index contributed by atoms with van der Waals surface area (Å²) in [6.45, 7) is 4.02. The molecule has 0 aromatic carbocycles. The summed E-state index contributed by atoms with van der Waals surface area (Å²) in [7, 11) is 0. The maximum absolute atomic E-state index is 9.56. The number of piperidine rings is 1. The van der Waals surface area contributed by atoms with Crippen LogP contribution < -0.4 is 5.32 Å². The van der Waals surface area contributed by atoms with E-state index in [-0.39, 0.29) is 0 Å². The van der Waals surface area contributed by atoms with Crippen LogP contribution in [-0.2, 0) is 0 Å². The van der Waals surface area contributed by atoms with Crippen molar-refractivity contribution < 1.29 is 0 Å². The largest absolute Gasteiger partial charge is 0.315 e. The fraction of sp³-hybridized carbons (Fsp3) is 0.273. The summed E-state index contributed by atoms with van der Waals surface area (Å²) in [5.41, 5.74) is 4.41. The molecule has 1 saturated heterocycles. The Morgan fingerprint density at radius 3 is 2.93 bits per heavy atom. The molecular weight excluding hydrogens is 394 g/mol. The van der Waals surface area contributed by atoms with Crippen LogP contribution in [0.1, 0.15) is 30.1 Å². The first kappa shape index (κ1) is 18.9. The topological polar surface area (TPSA) is 83.8 Å². The van der Waals surface area contributed by atoms with Crippen molar-refractivity contribution in [3.63, 3.8) is 0 Å². The zero-order valence-electron chi connectivity index (χ0n) is 16.6. The van der Waals surface area contributed by atoms with Gasteiger partial charge in [-0.05, 0) is 44.5 Å². The number of aromatic nitrogens is 5. The molecule has 4 aromatic rings. The van der Waals surface area contributed by atoms with Gasteiger partial charge >= 0.3 is 0 Å². The van der Waals surface area contributed by atoms with Gasteiger partial charge in [-0.3, -0.25) is 9.67 Å². The highest BCUT2D eigenvalue weighted by Gasteiger charge is 2.18. The Morgan fingerprint density at radius 2 is 2.13 bits per heavy atom. The molecule has 0 saturated carbocycles. The van der Waals surface area contributed by atoms with Crippen LogP contribution in [0.25, 0.3) is 16.6 Å². The average molecular weight is 416 g/mol. The van der Waals surface area contributed by atoms with Gasteiger partial charge in [-0.1, -0.05) is 11.8 Å². The Morgan fingerprint density at radius 1 is 1.20 bits per heavy atom. The highest BCUT2D eigenvalue weighted by atomic mass is 32.2. The second-order valence-electron chi connectivity index (χ2n) is 7.45. The number of nitriles is 1. The lowest BCUT2D eigenvalue weighted by molar-refractivity contribution is 0.347. The van der Waals surface area contributed by atoms with Crippen molar-refractivity contribution in [2.45, 2.75) is 35.6 Å². The van der Waals surface area contributed by atoms with Crippen LogP contribution in [0, 0.1) is 18.3 Å². The van der Waals surface area contributed by atoms with Crippen molar-refractivity contribution in [3.05, 3.63) is 60.4 Å². The minimum atomic E-state index is 0.387. The molecule has 8 heteroatoms. The number of fused-ring (bicyclic) bond motifs is 1. The van der Waals surface area contributed by atoms with Gasteiger partial charge in [0.15, 0.2) is 0 Å². The van der Waals surface area contributed by atoms with Gasteiger partial charge in [0.05, 0.1) is 35.2 Å². The van der Waals surface area contributed by atoms with Crippen molar-refractivity contribution in [2.24, 2.45) is 0 Å². The van der Waals surface area contributed by atoms with E-state index in [1.165, 1.54) is 6.42 Å². The van der Waals surface area contributed by atoms with Gasteiger partial charge in [-0.25, -0.2) is 4.52 Å². The molecule has 1 fully saturated rings. The third kappa shape index (κ3) is 3.47. The third-order valence-corrected chi connectivity index (χ3v) is 6.64. The number of pyridine rings is 2. The van der Waals surface area contributed by atoms with Crippen LogP contribution in [0.4, 0.5) is 0 Å². The lowest BCUT2D eigenvalue weighted by Crippen LogP contribution is -2.31. The molecule has 1 N–H and O–H groups in total. The van der Waals surface area contributed by atoms with Crippen LogP contribution >= 0.6 is 11.8 Å². The smallest absolute Gasteiger partial charge is 0.103 e. The third-order valence-electron chi connectivity index (χ3n) is 5.46. The molecular formula is C22H21N7S. The number of hydrogen-bond donors (Lipinski definition) is 1. The zero-order chi connectivity index (χ0) is 20.5. The molecule has 0 spiro atoms. The summed E-state index contributed by atoms with van der Waals surface area (Å²) >= 11 is 1.61. The second kappa shape index (κ2) is 7.94. The Hall–Kier alpha value is -3.15. The quantitative estimate of drug-likeness (QED) is 0.545. The molecule has 150 valence electrons. The molecule has 0 unspecified atom stereocenters. The summed E-state index contributed by atoms with van der Waals surface area (Å²) in [5, 5.41) is 22.1. The summed E-state index contributed by atoms with van der Waals surface area (Å²) < 4.78 is 3.86. The van der Waals surface area contributed by atoms with E-state index in [9.17, 15) is 5.26 Å². The maximum atomic E-state index is 9.56. The monoisotopic (exact) mass is 415 g/mol. The number of nitrogens with zero attached hydrogens (tertiary/aromatic N) is 6. The highest BCUT2D eigenvalue weighted by molar-refractivity contribution is 7.99. The zero-order valence-corrected chi connectivity index (χ0v) is 17.4. The Kier molecular flexibility index (Phi) is 4.99. The molecule has 1 aliphatic rings. The fourth-order valence-corrected chi connectivity index (χ4v) is 4.91. The standard InChI is InChI=1S/C22H21N7S/c1-15-20(5-3-7-25-15)30-21-8-16(13-29-22(21)17(9-23)10-27-29)18-11-26-28(14-18)19-4-2-6-24-12-19/h3,5,7-8,10-11,13-14,19,24H,2,4,6,12H2,1H3/t19-/m1/s1. The number of aryl methyl sites for hydroxylation is 1. The molecule has 0 aliphatic carbocycles. The molecule has 1 aliphatic heterocycles. The molecule has 4 aromatic heterocycles. The maximum Gasteiger partial charge on any atom is 0.103 e. The van der Waals surface area contributed by atoms with E-state index in [4.69, 9.17) is 0 Å². The molecule has 0 amide bonds. The molecule has 1 atom stereocenters. The summed E-state index contributed by atoms with van der Waals surface area (Å²) in [5.74, 6) is 0. The lowest BCUT2D eigenvalue weighted by atomic mass is 10.1.